The average Bonchev–Trinajstić information content (AvgIpc) is 2.98. The summed E-state index contributed by atoms with van der Waals surface area (Å²) in [6, 6.07) is 7.43. The normalized spacial score (nSPS) is 13.6. The molecule has 1 aliphatic rings. The molecule has 26 heavy (non-hydrogen) atoms. The van der Waals surface area contributed by atoms with E-state index in [1.54, 1.807) is 17.8 Å². The van der Waals surface area contributed by atoms with Crippen LogP contribution in [0.3, 0.4) is 0 Å². The van der Waals surface area contributed by atoms with E-state index in [4.69, 9.17) is 5.73 Å². The van der Waals surface area contributed by atoms with E-state index in [0.717, 1.165) is 41.4 Å². The van der Waals surface area contributed by atoms with Gasteiger partial charge >= 0.3 is 0 Å². The number of nitrogens with two attached hydrogens (primary N) is 1. The van der Waals surface area contributed by atoms with Crippen LogP contribution in [0.25, 0.3) is 0 Å². The van der Waals surface area contributed by atoms with E-state index >= 15 is 0 Å². The maximum absolute atomic E-state index is 12.6. The number of primary amides is 1. The topological polar surface area (TPSA) is 75.4 Å². The summed E-state index contributed by atoms with van der Waals surface area (Å²) in [4.78, 5) is 29.1. The van der Waals surface area contributed by atoms with Gasteiger partial charge in [0.1, 0.15) is 5.00 Å². The first-order chi connectivity index (χ1) is 12.0. The standard InChI is InChI=1S/C18H21N3O2S2.ClH/c1-3-21-8-7-13-14(10-21)25-18(15(13)16(19)22)20-17(23)11-5-4-6-12(9-11)24-2;/h4-6,9H,3,7-8,10H2,1-2H3,(H2,19,22)(H,20,23);1H. The number of nitrogens with one attached hydrogen (secondary N) is 1. The summed E-state index contributed by atoms with van der Waals surface area (Å²) < 4.78 is 0. The molecule has 0 fully saturated rings. The van der Waals surface area contributed by atoms with Gasteiger partial charge in [-0.25, -0.2) is 0 Å². The van der Waals surface area contributed by atoms with Crippen molar-refractivity contribution in [1.82, 2.24) is 4.90 Å². The zero-order valence-electron chi connectivity index (χ0n) is 14.7. The van der Waals surface area contributed by atoms with Crippen LogP contribution in [0.4, 0.5) is 5.00 Å². The second kappa shape index (κ2) is 8.90. The van der Waals surface area contributed by atoms with Crippen molar-refractivity contribution in [2.24, 2.45) is 5.73 Å². The second-order valence-electron chi connectivity index (χ2n) is 5.88. The highest BCUT2D eigenvalue weighted by Crippen LogP contribution is 2.37. The highest BCUT2D eigenvalue weighted by Gasteiger charge is 2.27. The van der Waals surface area contributed by atoms with E-state index in [1.165, 1.54) is 11.3 Å². The smallest absolute Gasteiger partial charge is 0.256 e. The number of carbonyl (C=O) groups excluding carboxylic acids is 2. The minimum Gasteiger partial charge on any atom is -0.365 e. The molecule has 0 atom stereocenters. The van der Waals surface area contributed by atoms with Gasteiger partial charge in [-0.3, -0.25) is 14.5 Å². The summed E-state index contributed by atoms with van der Waals surface area (Å²) in [6.45, 7) is 4.79. The van der Waals surface area contributed by atoms with Gasteiger partial charge in [-0.2, -0.15) is 0 Å². The molecule has 3 rings (SSSR count). The van der Waals surface area contributed by atoms with Gasteiger partial charge in [0, 0.05) is 28.4 Å². The Morgan fingerprint density at radius 3 is 2.81 bits per heavy atom. The summed E-state index contributed by atoms with van der Waals surface area (Å²) in [6.07, 6.45) is 2.75. The first-order valence-electron chi connectivity index (χ1n) is 8.15. The quantitative estimate of drug-likeness (QED) is 0.737. The van der Waals surface area contributed by atoms with Crippen molar-refractivity contribution < 1.29 is 9.59 Å². The summed E-state index contributed by atoms with van der Waals surface area (Å²) in [5, 5.41) is 3.47. The molecule has 0 bridgehead atoms. The Balaban J connectivity index is 0.00000243. The first kappa shape index (κ1) is 20.8. The third kappa shape index (κ3) is 4.23. The average molecular weight is 412 g/mol. The number of hydrogen-bond donors (Lipinski definition) is 2. The number of amides is 2. The molecular weight excluding hydrogens is 390 g/mol. The van der Waals surface area contributed by atoms with Crippen molar-refractivity contribution in [3.63, 3.8) is 0 Å². The second-order valence-corrected chi connectivity index (χ2v) is 7.86. The van der Waals surface area contributed by atoms with Gasteiger partial charge in [0.15, 0.2) is 0 Å². The Hall–Kier alpha value is -1.54. The number of hydrogen-bond acceptors (Lipinski definition) is 5. The van der Waals surface area contributed by atoms with E-state index in [0.29, 0.717) is 16.1 Å². The monoisotopic (exact) mass is 411 g/mol. The van der Waals surface area contributed by atoms with Crippen molar-refractivity contribution in [3.8, 4) is 0 Å². The van der Waals surface area contributed by atoms with Crippen LogP contribution in [-0.2, 0) is 13.0 Å². The lowest BCUT2D eigenvalue weighted by Crippen LogP contribution is -2.30. The Kier molecular flexibility index (Phi) is 7.11. The number of thioether (sulfide) groups is 1. The van der Waals surface area contributed by atoms with Gasteiger partial charge in [0.25, 0.3) is 11.8 Å². The minimum atomic E-state index is -0.476. The first-order valence-corrected chi connectivity index (χ1v) is 10.2. The van der Waals surface area contributed by atoms with Crippen molar-refractivity contribution in [3.05, 3.63) is 45.8 Å². The maximum Gasteiger partial charge on any atom is 0.256 e. The predicted molar refractivity (Wildman–Crippen MR) is 111 cm³/mol. The fraction of sp³-hybridized carbons (Fsp3) is 0.333. The lowest BCUT2D eigenvalue weighted by molar-refractivity contribution is 0.1000. The van der Waals surface area contributed by atoms with Crippen LogP contribution >= 0.6 is 35.5 Å². The Labute approximate surface area is 167 Å². The van der Waals surface area contributed by atoms with Crippen LogP contribution in [0.5, 0.6) is 0 Å². The van der Waals surface area contributed by atoms with E-state index in [2.05, 4.69) is 17.1 Å². The van der Waals surface area contributed by atoms with E-state index in [9.17, 15) is 9.59 Å². The lowest BCUT2D eigenvalue weighted by atomic mass is 10.0. The van der Waals surface area contributed by atoms with E-state index in [1.807, 2.05) is 24.5 Å². The van der Waals surface area contributed by atoms with Gasteiger partial charge in [0.05, 0.1) is 5.56 Å². The van der Waals surface area contributed by atoms with Crippen LogP contribution < -0.4 is 11.1 Å². The molecule has 2 amide bonds. The van der Waals surface area contributed by atoms with Crippen LogP contribution in [0.1, 0.15) is 38.1 Å². The molecule has 0 radical (unpaired) electrons. The SMILES string of the molecule is CCN1CCc2c(sc(NC(=O)c3cccc(SC)c3)c2C(N)=O)C1.Cl. The number of fused-ring (bicyclic) bond motifs is 1. The van der Waals surface area contributed by atoms with Crippen LogP contribution in [0.2, 0.25) is 0 Å². The number of rotatable bonds is 5. The highest BCUT2D eigenvalue weighted by molar-refractivity contribution is 7.98. The Morgan fingerprint density at radius 1 is 1.38 bits per heavy atom. The summed E-state index contributed by atoms with van der Waals surface area (Å²) in [7, 11) is 0. The number of halogens is 1. The van der Waals surface area contributed by atoms with Crippen molar-refractivity contribution >= 4 is 52.3 Å². The zero-order valence-corrected chi connectivity index (χ0v) is 17.2. The van der Waals surface area contributed by atoms with Gasteiger partial charge < -0.3 is 11.1 Å². The summed E-state index contributed by atoms with van der Waals surface area (Å²) in [5.74, 6) is -0.694. The van der Waals surface area contributed by atoms with Crippen LogP contribution in [0.15, 0.2) is 29.2 Å². The third-order valence-corrected chi connectivity index (χ3v) is 6.25. The van der Waals surface area contributed by atoms with Gasteiger partial charge in [-0.15, -0.1) is 35.5 Å². The van der Waals surface area contributed by atoms with Crippen molar-refractivity contribution in [1.29, 1.82) is 0 Å². The number of benzene rings is 1. The fourth-order valence-corrected chi connectivity index (χ4v) is 4.76. The molecule has 0 saturated carbocycles. The summed E-state index contributed by atoms with van der Waals surface area (Å²) >= 11 is 3.05. The third-order valence-electron chi connectivity index (χ3n) is 4.39. The van der Waals surface area contributed by atoms with E-state index in [-0.39, 0.29) is 18.3 Å². The molecular formula is C18H22ClN3O2S2. The molecule has 1 aromatic carbocycles. The number of thiophene rings is 1. The molecule has 0 saturated heterocycles. The molecule has 0 unspecified atom stereocenters. The molecule has 0 spiro atoms. The Bertz CT molecular complexity index is 823. The minimum absolute atomic E-state index is 0. The number of carbonyl (C=O) groups is 2. The zero-order chi connectivity index (χ0) is 18.0. The Morgan fingerprint density at radius 2 is 2.15 bits per heavy atom. The largest absolute Gasteiger partial charge is 0.365 e. The molecule has 0 aliphatic carbocycles. The molecule has 3 N–H and O–H groups in total. The number of nitrogens with zero attached hydrogens (tertiary/aromatic N) is 1. The molecule has 2 aromatic rings. The maximum atomic E-state index is 12.6. The summed E-state index contributed by atoms with van der Waals surface area (Å²) in [5.41, 5.74) is 7.66. The van der Waals surface area contributed by atoms with Gasteiger partial charge in [-0.05, 0) is 43.0 Å². The lowest BCUT2D eigenvalue weighted by Gasteiger charge is -2.25. The molecule has 2 heterocycles. The number of likely N-dealkylation sites (N-methyl/N-ethyl adjacent to an activating group) is 1. The molecule has 140 valence electrons. The van der Waals surface area contributed by atoms with E-state index < -0.39 is 5.91 Å². The predicted octanol–water partition coefficient (Wildman–Crippen LogP) is 3.62. The highest BCUT2D eigenvalue weighted by atomic mass is 35.5. The van der Waals surface area contributed by atoms with Crippen molar-refractivity contribution in [2.75, 3.05) is 24.7 Å². The molecule has 8 heteroatoms. The fourth-order valence-electron chi connectivity index (χ4n) is 3.01. The van der Waals surface area contributed by atoms with Crippen LogP contribution in [0, 0.1) is 0 Å². The van der Waals surface area contributed by atoms with Gasteiger partial charge in [-0.1, -0.05) is 13.0 Å². The van der Waals surface area contributed by atoms with Crippen molar-refractivity contribution in [2.45, 2.75) is 24.8 Å². The number of anilines is 1. The van der Waals surface area contributed by atoms with Gasteiger partial charge in [0.2, 0.25) is 0 Å². The molecule has 1 aliphatic heterocycles. The van der Waals surface area contributed by atoms with Crippen LogP contribution in [-0.4, -0.2) is 36.1 Å². The molecule has 1 aromatic heterocycles. The molecule has 5 nitrogen and oxygen atoms in total.